The van der Waals surface area contributed by atoms with Gasteiger partial charge >= 0.3 is 0 Å². The van der Waals surface area contributed by atoms with Crippen molar-refractivity contribution in [2.45, 2.75) is 25.4 Å². The molecule has 2 atom stereocenters. The fourth-order valence-corrected chi connectivity index (χ4v) is 3.08. The van der Waals surface area contributed by atoms with Crippen molar-refractivity contribution in [3.8, 4) is 0 Å². The van der Waals surface area contributed by atoms with Crippen molar-refractivity contribution in [2.75, 3.05) is 26.7 Å². The molecule has 2 rings (SSSR count). The average molecular weight is 296 g/mol. The number of benzene rings is 1. The maximum Gasteiger partial charge on any atom is 0.238 e. The quantitative estimate of drug-likeness (QED) is 0.890. The molecule has 0 bridgehead atoms. The van der Waals surface area contributed by atoms with Crippen LogP contribution in [0, 0.1) is 0 Å². The van der Waals surface area contributed by atoms with Crippen LogP contribution in [-0.4, -0.2) is 43.5 Å². The smallest absolute Gasteiger partial charge is 0.238 e. The van der Waals surface area contributed by atoms with E-state index >= 15 is 0 Å². The molecule has 0 aliphatic carbocycles. The van der Waals surface area contributed by atoms with Crippen LogP contribution < -0.4 is 10.6 Å². The summed E-state index contributed by atoms with van der Waals surface area (Å²) >= 11 is 6.10. The normalized spacial score (nSPS) is 21.4. The van der Waals surface area contributed by atoms with Crippen LogP contribution >= 0.6 is 11.6 Å². The lowest BCUT2D eigenvalue weighted by Gasteiger charge is -2.40. The van der Waals surface area contributed by atoms with E-state index in [9.17, 15) is 4.79 Å². The second-order valence-corrected chi connectivity index (χ2v) is 5.49. The second-order valence-electron chi connectivity index (χ2n) is 5.05. The lowest BCUT2D eigenvalue weighted by molar-refractivity contribution is -0.127. The molecular weight excluding hydrogens is 274 g/mol. The van der Waals surface area contributed by atoms with E-state index in [1.165, 1.54) is 5.56 Å². The van der Waals surface area contributed by atoms with Gasteiger partial charge in [0.1, 0.15) is 6.04 Å². The van der Waals surface area contributed by atoms with E-state index in [0.717, 1.165) is 24.5 Å². The minimum Gasteiger partial charge on any atom is -0.358 e. The largest absolute Gasteiger partial charge is 0.358 e. The first kappa shape index (κ1) is 15.3. The highest BCUT2D eigenvalue weighted by Gasteiger charge is 2.32. The maximum atomic E-state index is 12.1. The summed E-state index contributed by atoms with van der Waals surface area (Å²) in [5.41, 5.74) is 1.18. The van der Waals surface area contributed by atoms with Crippen LogP contribution in [0.3, 0.4) is 0 Å². The lowest BCUT2D eigenvalue weighted by atomic mass is 9.99. The molecule has 2 N–H and O–H groups in total. The predicted octanol–water partition coefficient (Wildman–Crippen LogP) is 1.81. The van der Waals surface area contributed by atoms with Gasteiger partial charge in [-0.3, -0.25) is 9.69 Å². The van der Waals surface area contributed by atoms with E-state index in [2.05, 4.69) is 28.5 Å². The molecule has 110 valence electrons. The van der Waals surface area contributed by atoms with Crippen LogP contribution in [0.4, 0.5) is 0 Å². The van der Waals surface area contributed by atoms with Gasteiger partial charge in [0.25, 0.3) is 0 Å². The highest BCUT2D eigenvalue weighted by molar-refractivity contribution is 6.30. The third kappa shape index (κ3) is 3.32. The maximum absolute atomic E-state index is 12.1. The number of nitrogens with zero attached hydrogens (tertiary/aromatic N) is 1. The Morgan fingerprint density at radius 1 is 1.60 bits per heavy atom. The first-order chi connectivity index (χ1) is 9.67. The zero-order valence-electron chi connectivity index (χ0n) is 12.0. The van der Waals surface area contributed by atoms with E-state index in [-0.39, 0.29) is 18.0 Å². The summed E-state index contributed by atoms with van der Waals surface area (Å²) in [6, 6.07) is 8.03. The Labute approximate surface area is 125 Å². The fourth-order valence-electron chi connectivity index (χ4n) is 2.88. The molecule has 1 aromatic rings. The molecule has 1 heterocycles. The van der Waals surface area contributed by atoms with Crippen LogP contribution in [0.2, 0.25) is 5.02 Å². The average Bonchev–Trinajstić information content (AvgIpc) is 2.48. The SMILES string of the molecule is CCC(c1cccc(Cl)c1)N1CCNCC1C(=O)NC. The first-order valence-electron chi connectivity index (χ1n) is 7.11. The number of piperazine rings is 1. The van der Waals surface area contributed by atoms with Gasteiger partial charge in [-0.05, 0) is 24.1 Å². The van der Waals surface area contributed by atoms with Crippen LogP contribution in [-0.2, 0) is 4.79 Å². The molecule has 20 heavy (non-hydrogen) atoms. The van der Waals surface area contributed by atoms with Crippen LogP contribution in [0.1, 0.15) is 24.9 Å². The molecule has 1 aliphatic rings. The molecule has 0 aromatic heterocycles. The summed E-state index contributed by atoms with van der Waals surface area (Å²) in [5.74, 6) is 0.0673. The zero-order chi connectivity index (χ0) is 14.5. The van der Waals surface area contributed by atoms with Crippen molar-refractivity contribution in [1.82, 2.24) is 15.5 Å². The van der Waals surface area contributed by atoms with E-state index in [4.69, 9.17) is 11.6 Å². The summed E-state index contributed by atoms with van der Waals surface area (Å²) in [4.78, 5) is 14.4. The molecular formula is C15H22ClN3O. The second kappa shape index (κ2) is 7.07. The highest BCUT2D eigenvalue weighted by atomic mass is 35.5. The molecule has 1 aromatic carbocycles. The van der Waals surface area contributed by atoms with Gasteiger partial charge in [-0.2, -0.15) is 0 Å². The summed E-state index contributed by atoms with van der Waals surface area (Å²) in [7, 11) is 1.69. The van der Waals surface area contributed by atoms with E-state index in [1.54, 1.807) is 7.05 Å². The van der Waals surface area contributed by atoms with E-state index < -0.39 is 0 Å². The van der Waals surface area contributed by atoms with Gasteiger partial charge in [0, 0.05) is 37.7 Å². The van der Waals surface area contributed by atoms with E-state index in [1.807, 2.05) is 18.2 Å². The minimum atomic E-state index is -0.127. The number of likely N-dealkylation sites (N-methyl/N-ethyl adjacent to an activating group) is 1. The summed E-state index contributed by atoms with van der Waals surface area (Å²) in [6.45, 7) is 4.61. The standard InChI is InChI=1S/C15H22ClN3O/c1-3-13(11-5-4-6-12(16)9-11)19-8-7-18-10-14(19)15(20)17-2/h4-6,9,13-14,18H,3,7-8,10H2,1-2H3,(H,17,20). The van der Waals surface area contributed by atoms with Crippen molar-refractivity contribution in [1.29, 1.82) is 0 Å². The summed E-state index contributed by atoms with van der Waals surface area (Å²) in [6.07, 6.45) is 0.952. The Bertz CT molecular complexity index is 466. The van der Waals surface area contributed by atoms with Crippen LogP contribution in [0.25, 0.3) is 0 Å². The summed E-state index contributed by atoms with van der Waals surface area (Å²) < 4.78 is 0. The Hall–Kier alpha value is -1.10. The molecule has 1 aliphatic heterocycles. The number of hydrogen-bond donors (Lipinski definition) is 2. The molecule has 0 radical (unpaired) electrons. The van der Waals surface area contributed by atoms with Crippen LogP contribution in [0.5, 0.6) is 0 Å². The number of carbonyl (C=O) groups excluding carboxylic acids is 1. The number of halogens is 1. The third-order valence-corrected chi connectivity index (χ3v) is 4.09. The van der Waals surface area contributed by atoms with Gasteiger partial charge in [0.2, 0.25) is 5.91 Å². The molecule has 1 fully saturated rings. The van der Waals surface area contributed by atoms with Crippen molar-refractivity contribution in [3.05, 3.63) is 34.9 Å². The number of carbonyl (C=O) groups is 1. The Balaban J connectivity index is 2.26. The van der Waals surface area contributed by atoms with Gasteiger partial charge in [0.05, 0.1) is 0 Å². The number of nitrogens with one attached hydrogen (secondary N) is 2. The molecule has 1 amide bonds. The number of amides is 1. The Kier molecular flexibility index (Phi) is 5.40. The first-order valence-corrected chi connectivity index (χ1v) is 7.48. The monoisotopic (exact) mass is 295 g/mol. The van der Waals surface area contributed by atoms with Crippen molar-refractivity contribution in [2.24, 2.45) is 0 Å². The van der Waals surface area contributed by atoms with Gasteiger partial charge in [-0.25, -0.2) is 0 Å². The zero-order valence-corrected chi connectivity index (χ0v) is 12.8. The Morgan fingerprint density at radius 3 is 3.05 bits per heavy atom. The van der Waals surface area contributed by atoms with Crippen molar-refractivity contribution < 1.29 is 4.79 Å². The van der Waals surface area contributed by atoms with Crippen molar-refractivity contribution in [3.63, 3.8) is 0 Å². The number of rotatable bonds is 4. The predicted molar refractivity (Wildman–Crippen MR) is 81.9 cm³/mol. The van der Waals surface area contributed by atoms with E-state index in [0.29, 0.717) is 6.54 Å². The molecule has 1 saturated heterocycles. The van der Waals surface area contributed by atoms with Gasteiger partial charge in [-0.1, -0.05) is 30.7 Å². The van der Waals surface area contributed by atoms with Crippen molar-refractivity contribution >= 4 is 17.5 Å². The third-order valence-electron chi connectivity index (χ3n) is 3.85. The number of hydrogen-bond acceptors (Lipinski definition) is 3. The van der Waals surface area contributed by atoms with Gasteiger partial charge in [-0.15, -0.1) is 0 Å². The molecule has 2 unspecified atom stereocenters. The molecule has 0 saturated carbocycles. The fraction of sp³-hybridized carbons (Fsp3) is 0.533. The highest BCUT2D eigenvalue weighted by Crippen LogP contribution is 2.28. The topological polar surface area (TPSA) is 44.4 Å². The lowest BCUT2D eigenvalue weighted by Crippen LogP contribution is -2.58. The summed E-state index contributed by atoms with van der Waals surface area (Å²) in [5, 5.41) is 6.80. The van der Waals surface area contributed by atoms with Crippen LogP contribution in [0.15, 0.2) is 24.3 Å². The van der Waals surface area contributed by atoms with Gasteiger partial charge < -0.3 is 10.6 Å². The minimum absolute atomic E-state index is 0.0673. The molecule has 0 spiro atoms. The Morgan fingerprint density at radius 2 is 2.40 bits per heavy atom. The molecule has 4 nitrogen and oxygen atoms in total. The van der Waals surface area contributed by atoms with Gasteiger partial charge in [0.15, 0.2) is 0 Å². The molecule has 5 heteroatoms.